The summed E-state index contributed by atoms with van der Waals surface area (Å²) in [5.41, 5.74) is 14.3. The van der Waals surface area contributed by atoms with Crippen LogP contribution in [0.2, 0.25) is 0 Å². The van der Waals surface area contributed by atoms with Crippen LogP contribution in [0.1, 0.15) is 77.5 Å². The number of imidazole rings is 2. The molecule has 2 aromatic carbocycles. The molecule has 63 heavy (non-hydrogen) atoms. The Morgan fingerprint density at radius 1 is 0.905 bits per heavy atom. The van der Waals surface area contributed by atoms with Crippen molar-refractivity contribution in [3.63, 3.8) is 0 Å². The third-order valence-electron chi connectivity index (χ3n) is 10.6. The maximum Gasteiger partial charge on any atom is 0.279 e. The van der Waals surface area contributed by atoms with Gasteiger partial charge in [-0.25, -0.2) is 19.3 Å². The predicted molar refractivity (Wildman–Crippen MR) is 242 cm³/mol. The van der Waals surface area contributed by atoms with E-state index in [1.807, 2.05) is 36.8 Å². The summed E-state index contributed by atoms with van der Waals surface area (Å²) in [6.45, 7) is 12.4. The summed E-state index contributed by atoms with van der Waals surface area (Å²) < 4.78 is 26.5. The second-order valence-electron chi connectivity index (χ2n) is 14.8. The largest absolute Gasteiger partial charge is 0.491 e. The Labute approximate surface area is 370 Å². The van der Waals surface area contributed by atoms with E-state index < -0.39 is 23.5 Å². The number of allylic oxidation sites excluding steroid dienone is 2. The van der Waals surface area contributed by atoms with E-state index >= 15 is 4.39 Å². The normalized spacial score (nSPS) is 13.4. The van der Waals surface area contributed by atoms with Crippen molar-refractivity contribution in [2.24, 2.45) is 11.5 Å². The number of carbonyl (C=O) groups is 4. The van der Waals surface area contributed by atoms with Crippen LogP contribution < -0.4 is 32.2 Å². The number of piperazine rings is 1. The number of thiazole rings is 1. The lowest BCUT2D eigenvalue weighted by Crippen LogP contribution is -2.43. The molecule has 0 bridgehead atoms. The molecule has 0 spiro atoms. The number of hydrogen-bond donors (Lipinski definition) is 5. The van der Waals surface area contributed by atoms with Gasteiger partial charge in [0, 0.05) is 68.4 Å². The van der Waals surface area contributed by atoms with Gasteiger partial charge in [0.15, 0.2) is 11.5 Å². The number of benzene rings is 2. The highest BCUT2D eigenvalue weighted by Gasteiger charge is 2.26. The standard InChI is InChI=1S/C42H50FN13O5S2/c1-6-27-36(63-24(4)47-27)40(60)51-42-49-29-20-26(38(45)58)22-31(62-5)34(29)55(42)15-9-8-14-54-33-28(48-41(54)50-39(59)35-32(43)23(3)52-56(35)7-2)19-25(37(44)57)21-30(33)61-18-10-13-53-16-11-46-12-17-53/h8-9,19-22,46H,6-7,10-18H2,1-5H3,(H2,44,57)(H2,45,58)(H,48,50,59)(H,49,51,60)/b9-8+. The minimum atomic E-state index is -0.767. The Bertz CT molecular complexity index is 2750. The van der Waals surface area contributed by atoms with Crippen LogP contribution in [0.25, 0.3) is 22.1 Å². The second-order valence-corrected chi connectivity index (χ2v) is 16.9. The van der Waals surface area contributed by atoms with Crippen LogP contribution in [0.3, 0.4) is 0 Å². The van der Waals surface area contributed by atoms with Crippen LogP contribution >= 0.6 is 23.1 Å². The summed E-state index contributed by atoms with van der Waals surface area (Å²) in [7, 11) is 0. The Morgan fingerprint density at radius 2 is 1.52 bits per heavy atom. The average molecular weight is 900 g/mol. The first kappa shape index (κ1) is 44.9. The van der Waals surface area contributed by atoms with Gasteiger partial charge in [-0.3, -0.25) is 34.5 Å². The summed E-state index contributed by atoms with van der Waals surface area (Å²) in [5.74, 6) is -2.55. The zero-order chi connectivity index (χ0) is 44.9. The maximum atomic E-state index is 15.3. The number of hydrogen-bond acceptors (Lipinski definition) is 13. The molecular weight excluding hydrogens is 850 g/mol. The first-order valence-electron chi connectivity index (χ1n) is 20.6. The van der Waals surface area contributed by atoms with Crippen LogP contribution in [0.5, 0.6) is 5.75 Å². The first-order chi connectivity index (χ1) is 30.3. The number of halogens is 1. The molecule has 0 aliphatic carbocycles. The number of nitrogens with two attached hydrogens (primary N) is 2. The molecule has 6 aromatic rings. The van der Waals surface area contributed by atoms with Crippen molar-refractivity contribution in [2.45, 2.75) is 65.1 Å². The number of amides is 4. The molecule has 0 radical (unpaired) electrons. The van der Waals surface area contributed by atoms with Gasteiger partial charge in [-0.15, -0.1) is 23.1 Å². The quantitative estimate of drug-likeness (QED) is 0.0448. The number of ether oxygens (including phenoxy) is 1. The molecule has 7 rings (SSSR count). The topological polar surface area (TPSA) is 235 Å². The van der Waals surface area contributed by atoms with Gasteiger partial charge in [-0.05, 0) is 64.1 Å². The summed E-state index contributed by atoms with van der Waals surface area (Å²) in [6, 6.07) is 6.36. The number of nitrogens with zero attached hydrogens (tertiary/aromatic N) is 8. The van der Waals surface area contributed by atoms with Crippen LogP contribution in [-0.2, 0) is 26.1 Å². The molecule has 1 saturated heterocycles. The fourth-order valence-corrected chi connectivity index (χ4v) is 9.09. The van der Waals surface area contributed by atoms with Gasteiger partial charge in [-0.2, -0.15) is 5.10 Å². The zero-order valence-corrected chi connectivity index (χ0v) is 37.3. The van der Waals surface area contributed by atoms with E-state index in [4.69, 9.17) is 26.2 Å². The van der Waals surface area contributed by atoms with Gasteiger partial charge in [-0.1, -0.05) is 19.1 Å². The molecule has 0 saturated carbocycles. The molecule has 5 heterocycles. The molecule has 1 fully saturated rings. The summed E-state index contributed by atoms with van der Waals surface area (Å²) in [6.07, 6.45) is 6.84. The van der Waals surface area contributed by atoms with Crippen LogP contribution in [0.15, 0.2) is 41.3 Å². The SMILES string of the molecule is CCc1nc(C)sc1C(=O)Nc1nc2cc(C(N)=O)cc(SC)c2n1C/C=C/Cn1c(NC(=O)c2c(F)c(C)nn2CC)nc2cc(C(N)=O)cc(OCCCN3CCNCC3)c21. The Balaban J connectivity index is 1.26. The summed E-state index contributed by atoms with van der Waals surface area (Å²) >= 11 is 2.69. The number of rotatable bonds is 18. The van der Waals surface area contributed by atoms with Crippen molar-refractivity contribution >= 4 is 80.7 Å². The van der Waals surface area contributed by atoms with Crippen LogP contribution in [0, 0.1) is 19.7 Å². The predicted octanol–water partition coefficient (Wildman–Crippen LogP) is 4.73. The molecule has 21 heteroatoms. The minimum Gasteiger partial charge on any atom is -0.491 e. The molecule has 332 valence electrons. The number of nitrogens with one attached hydrogen (secondary N) is 3. The van der Waals surface area contributed by atoms with E-state index in [1.54, 1.807) is 29.7 Å². The number of fused-ring (bicyclic) bond motifs is 2. The van der Waals surface area contributed by atoms with Crippen molar-refractivity contribution in [3.8, 4) is 5.75 Å². The van der Waals surface area contributed by atoms with E-state index in [9.17, 15) is 19.2 Å². The lowest BCUT2D eigenvalue weighted by Gasteiger charge is -2.27. The smallest absolute Gasteiger partial charge is 0.279 e. The first-order valence-corrected chi connectivity index (χ1v) is 22.6. The van der Waals surface area contributed by atoms with Crippen LogP contribution in [-0.4, -0.2) is 108 Å². The molecule has 18 nitrogen and oxygen atoms in total. The van der Waals surface area contributed by atoms with Crippen molar-refractivity contribution in [2.75, 3.05) is 56.2 Å². The van der Waals surface area contributed by atoms with E-state index in [0.29, 0.717) is 62.7 Å². The number of aryl methyl sites for hydroxylation is 4. The molecule has 4 aromatic heterocycles. The van der Waals surface area contributed by atoms with E-state index in [2.05, 4.69) is 30.9 Å². The number of aromatic nitrogens is 7. The van der Waals surface area contributed by atoms with Gasteiger partial charge in [0.05, 0.1) is 39.6 Å². The van der Waals surface area contributed by atoms with E-state index in [-0.39, 0.29) is 60.0 Å². The fourth-order valence-electron chi connectivity index (χ4n) is 7.53. The van der Waals surface area contributed by atoms with Gasteiger partial charge in [0.25, 0.3) is 11.8 Å². The maximum absolute atomic E-state index is 15.3. The van der Waals surface area contributed by atoms with Gasteiger partial charge in [0.2, 0.25) is 23.7 Å². The second kappa shape index (κ2) is 19.5. The van der Waals surface area contributed by atoms with E-state index in [0.717, 1.165) is 37.7 Å². The zero-order valence-electron chi connectivity index (χ0n) is 35.7. The molecule has 0 unspecified atom stereocenters. The Morgan fingerprint density at radius 3 is 2.14 bits per heavy atom. The summed E-state index contributed by atoms with van der Waals surface area (Å²) in [5, 5.41) is 14.0. The Hall–Kier alpha value is -6.16. The average Bonchev–Trinajstić information content (AvgIpc) is 4.01. The Kier molecular flexibility index (Phi) is 13.9. The van der Waals surface area contributed by atoms with Gasteiger partial charge < -0.3 is 35.6 Å². The van der Waals surface area contributed by atoms with Crippen molar-refractivity contribution in [1.82, 2.24) is 44.1 Å². The van der Waals surface area contributed by atoms with Crippen LogP contribution in [0.4, 0.5) is 16.3 Å². The highest BCUT2D eigenvalue weighted by molar-refractivity contribution is 7.98. The van der Waals surface area contributed by atoms with Crippen molar-refractivity contribution < 1.29 is 28.3 Å². The minimum absolute atomic E-state index is 0.0594. The molecule has 4 amide bonds. The lowest BCUT2D eigenvalue weighted by atomic mass is 10.1. The third-order valence-corrected chi connectivity index (χ3v) is 12.4. The monoisotopic (exact) mass is 899 g/mol. The van der Waals surface area contributed by atoms with E-state index in [1.165, 1.54) is 40.8 Å². The molecule has 7 N–H and O–H groups in total. The lowest BCUT2D eigenvalue weighted by molar-refractivity contribution is 0.0991. The molecular formula is C42H50FN13O5S2. The fraction of sp³-hybridized carbons (Fsp3) is 0.381. The number of primary amides is 2. The van der Waals surface area contributed by atoms with Crippen molar-refractivity contribution in [1.29, 1.82) is 0 Å². The number of thioether (sulfide) groups is 1. The summed E-state index contributed by atoms with van der Waals surface area (Å²) in [4.78, 5) is 69.9. The number of carbonyl (C=O) groups excluding carboxylic acids is 4. The highest BCUT2D eigenvalue weighted by atomic mass is 32.2. The molecule has 0 atom stereocenters. The van der Waals surface area contributed by atoms with Gasteiger partial charge in [0.1, 0.15) is 16.1 Å². The van der Waals surface area contributed by atoms with Crippen molar-refractivity contribution in [3.05, 3.63) is 80.3 Å². The third kappa shape index (κ3) is 9.60. The highest BCUT2D eigenvalue weighted by Crippen LogP contribution is 2.34. The molecule has 1 aliphatic rings. The number of anilines is 2. The molecule has 1 aliphatic heterocycles. The van der Waals surface area contributed by atoms with Gasteiger partial charge >= 0.3 is 0 Å².